The number of fused-ring (bicyclic) bond motifs is 3. The molecule has 1 aliphatic rings. The van der Waals surface area contributed by atoms with Crippen LogP contribution in [-0.4, -0.2) is 18.0 Å². The molecule has 3 heteroatoms. The van der Waals surface area contributed by atoms with E-state index in [0.29, 0.717) is 0 Å². The number of rotatable bonds is 4. The van der Waals surface area contributed by atoms with E-state index in [1.807, 2.05) is 0 Å². The Morgan fingerprint density at radius 3 is 1.49 bits per heavy atom. The largest absolute Gasteiger partial charge is 0.237 e. The van der Waals surface area contributed by atoms with Gasteiger partial charge in [0.1, 0.15) is 8.07 Å². The maximum Gasteiger partial charge on any atom is 0.159 e. The van der Waals surface area contributed by atoms with Crippen molar-refractivity contribution in [3.05, 3.63) is 133 Å². The highest BCUT2D eigenvalue weighted by Crippen LogP contribution is 2.36. The third-order valence-electron chi connectivity index (χ3n) is 7.89. The fraction of sp³-hybridized carbons (Fsp3) is 0.0556. The maximum absolute atomic E-state index is 5.28. The molecule has 186 valence electrons. The van der Waals surface area contributed by atoms with Crippen LogP contribution >= 0.6 is 0 Å². The normalized spacial score (nSPS) is 13.1. The molecule has 2 heterocycles. The summed E-state index contributed by atoms with van der Waals surface area (Å²) in [5.41, 5.74) is 10.6. The zero-order valence-electron chi connectivity index (χ0n) is 22.1. The van der Waals surface area contributed by atoms with Crippen LogP contribution in [-0.2, 0) is 0 Å². The number of hydrogen-bond donors (Lipinski definition) is 0. The van der Waals surface area contributed by atoms with Crippen molar-refractivity contribution in [3.63, 3.8) is 0 Å². The minimum atomic E-state index is -1.96. The van der Waals surface area contributed by atoms with Crippen LogP contribution in [0.25, 0.3) is 56.0 Å². The van der Waals surface area contributed by atoms with Gasteiger partial charge in [-0.1, -0.05) is 147 Å². The van der Waals surface area contributed by atoms with E-state index in [4.69, 9.17) is 9.97 Å². The number of hydrogen-bond acceptors (Lipinski definition) is 2. The average molecular weight is 517 g/mol. The Hall–Kier alpha value is -4.60. The second-order valence-corrected chi connectivity index (χ2v) is 14.9. The van der Waals surface area contributed by atoms with Gasteiger partial charge in [-0.2, -0.15) is 0 Å². The monoisotopic (exact) mass is 516 g/mol. The van der Waals surface area contributed by atoms with E-state index in [2.05, 4.69) is 147 Å². The van der Waals surface area contributed by atoms with Crippen molar-refractivity contribution in [1.29, 1.82) is 0 Å². The first-order valence-corrected chi connectivity index (χ1v) is 16.4. The number of nitrogens with zero attached hydrogens (tertiary/aromatic N) is 2. The summed E-state index contributed by atoms with van der Waals surface area (Å²) >= 11 is 0. The van der Waals surface area contributed by atoms with Crippen LogP contribution in [0.4, 0.5) is 0 Å². The molecule has 0 N–H and O–H groups in total. The van der Waals surface area contributed by atoms with Gasteiger partial charge >= 0.3 is 0 Å². The van der Waals surface area contributed by atoms with Crippen LogP contribution in [0.3, 0.4) is 0 Å². The Bertz CT molecular complexity index is 1790. The summed E-state index contributed by atoms with van der Waals surface area (Å²) in [7, 11) is -1.96. The quantitative estimate of drug-likeness (QED) is 0.222. The molecule has 0 aliphatic carbocycles. The van der Waals surface area contributed by atoms with Gasteiger partial charge in [0.2, 0.25) is 0 Å². The van der Waals surface area contributed by atoms with E-state index in [1.54, 1.807) is 0 Å². The molecule has 0 saturated heterocycles. The minimum absolute atomic E-state index is 0.798. The van der Waals surface area contributed by atoms with E-state index in [9.17, 15) is 0 Å². The zero-order chi connectivity index (χ0) is 26.4. The summed E-state index contributed by atoms with van der Waals surface area (Å²) in [5, 5.41) is 2.67. The molecule has 0 fully saturated rings. The van der Waals surface area contributed by atoms with Crippen LogP contribution in [0.15, 0.2) is 133 Å². The van der Waals surface area contributed by atoms with Gasteiger partial charge in [0, 0.05) is 22.0 Å². The molecule has 1 aliphatic heterocycles. The minimum Gasteiger partial charge on any atom is -0.237 e. The highest BCUT2D eigenvalue weighted by molar-refractivity contribution is 7.03. The van der Waals surface area contributed by atoms with Gasteiger partial charge < -0.3 is 0 Å². The molecule has 7 rings (SSSR count). The predicted octanol–water partition coefficient (Wildman–Crippen LogP) is 7.95. The third kappa shape index (κ3) is 4.03. The zero-order valence-corrected chi connectivity index (χ0v) is 23.1. The Balaban J connectivity index is 1.30. The van der Waals surface area contributed by atoms with Crippen LogP contribution in [0.2, 0.25) is 13.1 Å². The van der Waals surface area contributed by atoms with Crippen molar-refractivity contribution in [3.8, 4) is 56.0 Å². The van der Waals surface area contributed by atoms with Gasteiger partial charge in [-0.15, -0.1) is 0 Å². The van der Waals surface area contributed by atoms with E-state index in [-0.39, 0.29) is 0 Å². The first-order valence-electron chi connectivity index (χ1n) is 13.4. The summed E-state index contributed by atoms with van der Waals surface area (Å²) in [6.45, 7) is 4.82. The lowest BCUT2D eigenvalue weighted by Crippen LogP contribution is -2.50. The first kappa shape index (κ1) is 23.5. The molecule has 5 aromatic carbocycles. The van der Waals surface area contributed by atoms with Gasteiger partial charge in [0.15, 0.2) is 5.82 Å². The SMILES string of the molecule is C[Si]1(C)c2ccccc2-c2c(-c3ccccc3)nc(-c3ccc(-c4ccc(-c5ccccc5)cc4)cc3)nc21. The molecule has 0 amide bonds. The molecule has 6 aromatic rings. The summed E-state index contributed by atoms with van der Waals surface area (Å²) in [4.78, 5) is 10.5. The summed E-state index contributed by atoms with van der Waals surface area (Å²) in [6, 6.07) is 47.3. The highest BCUT2D eigenvalue weighted by atomic mass is 28.3. The summed E-state index contributed by atoms with van der Waals surface area (Å²) in [5.74, 6) is 0.798. The van der Waals surface area contributed by atoms with E-state index >= 15 is 0 Å². The van der Waals surface area contributed by atoms with Crippen molar-refractivity contribution in [2.45, 2.75) is 13.1 Å². The first-order chi connectivity index (χ1) is 19.1. The fourth-order valence-electron chi connectivity index (χ4n) is 5.77. The van der Waals surface area contributed by atoms with Crippen molar-refractivity contribution < 1.29 is 0 Å². The van der Waals surface area contributed by atoms with Crippen LogP contribution < -0.4 is 10.5 Å². The summed E-state index contributed by atoms with van der Waals surface area (Å²) in [6.07, 6.45) is 0. The van der Waals surface area contributed by atoms with E-state index in [1.165, 1.54) is 43.9 Å². The lowest BCUT2D eigenvalue weighted by atomic mass is 9.99. The second-order valence-electron chi connectivity index (χ2n) is 10.7. The average Bonchev–Trinajstić information content (AvgIpc) is 3.24. The Labute approximate surface area is 230 Å². The van der Waals surface area contributed by atoms with Gasteiger partial charge in [0.25, 0.3) is 0 Å². The number of benzene rings is 5. The molecule has 2 nitrogen and oxygen atoms in total. The molecule has 0 spiro atoms. The van der Waals surface area contributed by atoms with Gasteiger partial charge in [-0.3, -0.25) is 0 Å². The number of aromatic nitrogens is 2. The lowest BCUT2D eigenvalue weighted by Gasteiger charge is -2.19. The van der Waals surface area contributed by atoms with Gasteiger partial charge in [-0.25, -0.2) is 9.97 Å². The Morgan fingerprint density at radius 2 is 0.897 bits per heavy atom. The molecule has 0 unspecified atom stereocenters. The molecule has 0 atom stereocenters. The lowest BCUT2D eigenvalue weighted by molar-refractivity contribution is 1.21. The molecule has 0 saturated carbocycles. The summed E-state index contributed by atoms with van der Waals surface area (Å²) < 4.78 is 0. The van der Waals surface area contributed by atoms with Crippen molar-refractivity contribution in [2.75, 3.05) is 0 Å². The molecule has 39 heavy (non-hydrogen) atoms. The maximum atomic E-state index is 5.28. The van der Waals surface area contributed by atoms with Crippen LogP contribution in [0.5, 0.6) is 0 Å². The van der Waals surface area contributed by atoms with Crippen molar-refractivity contribution in [2.24, 2.45) is 0 Å². The van der Waals surface area contributed by atoms with Gasteiger partial charge in [-0.05, 0) is 33.0 Å². The second kappa shape index (κ2) is 9.30. The Kier molecular flexibility index (Phi) is 5.61. The van der Waals surface area contributed by atoms with Gasteiger partial charge in [0.05, 0.1) is 5.69 Å². The molecular weight excluding hydrogens is 488 g/mol. The molecular formula is C36H28N2Si. The molecule has 0 bridgehead atoms. The van der Waals surface area contributed by atoms with Crippen molar-refractivity contribution in [1.82, 2.24) is 9.97 Å². The van der Waals surface area contributed by atoms with Crippen LogP contribution in [0, 0.1) is 0 Å². The Morgan fingerprint density at radius 1 is 0.436 bits per heavy atom. The predicted molar refractivity (Wildman–Crippen MR) is 166 cm³/mol. The molecule has 1 aromatic heterocycles. The topological polar surface area (TPSA) is 25.8 Å². The molecule has 0 radical (unpaired) electrons. The van der Waals surface area contributed by atoms with Crippen molar-refractivity contribution >= 4 is 18.6 Å². The van der Waals surface area contributed by atoms with E-state index < -0.39 is 8.07 Å². The standard InChI is InChI=1S/C36H28N2Si/c1-39(2)32-16-10-9-15-31(32)33-34(29-13-7-4-8-14-29)37-35(38-36(33)39)30-23-21-28(22-24-30)27-19-17-26(18-20-27)25-11-5-3-6-12-25/h3-24H,1-2H3. The van der Waals surface area contributed by atoms with E-state index in [0.717, 1.165) is 22.6 Å². The van der Waals surface area contributed by atoms with Crippen LogP contribution in [0.1, 0.15) is 0 Å². The third-order valence-corrected chi connectivity index (χ3v) is 11.2. The highest BCUT2D eigenvalue weighted by Gasteiger charge is 2.41. The smallest absolute Gasteiger partial charge is 0.159 e. The fourth-order valence-corrected chi connectivity index (χ4v) is 8.69.